The summed E-state index contributed by atoms with van der Waals surface area (Å²) in [6.07, 6.45) is 6.55. The average molecular weight is 264 g/mol. The van der Waals surface area contributed by atoms with E-state index in [2.05, 4.69) is 20.3 Å². The summed E-state index contributed by atoms with van der Waals surface area (Å²) in [6, 6.07) is 10.9. The van der Waals surface area contributed by atoms with Gasteiger partial charge in [0.1, 0.15) is 0 Å². The van der Waals surface area contributed by atoms with Crippen LogP contribution in [0.1, 0.15) is 10.4 Å². The number of pyridine rings is 1. The Morgan fingerprint density at radius 2 is 1.95 bits per heavy atom. The fourth-order valence-electron chi connectivity index (χ4n) is 1.88. The van der Waals surface area contributed by atoms with Gasteiger partial charge in [0, 0.05) is 29.2 Å². The smallest absolute Gasteiger partial charge is 0.255 e. The maximum absolute atomic E-state index is 12.1. The highest BCUT2D eigenvalue weighted by molar-refractivity contribution is 6.04. The number of hydrogen-bond acceptors (Lipinski definition) is 3. The number of amides is 1. The molecule has 0 radical (unpaired) electrons. The number of H-pyrrole nitrogens is 1. The van der Waals surface area contributed by atoms with Gasteiger partial charge in [0.2, 0.25) is 0 Å². The molecule has 2 aromatic heterocycles. The highest BCUT2D eigenvalue weighted by atomic mass is 16.1. The summed E-state index contributed by atoms with van der Waals surface area (Å²) in [7, 11) is 0. The van der Waals surface area contributed by atoms with Crippen molar-refractivity contribution in [2.45, 2.75) is 0 Å². The maximum Gasteiger partial charge on any atom is 0.255 e. The molecule has 0 aliphatic carbocycles. The second-order valence-corrected chi connectivity index (χ2v) is 4.24. The van der Waals surface area contributed by atoms with Gasteiger partial charge in [0.05, 0.1) is 18.2 Å². The quantitative estimate of drug-likeness (QED) is 0.764. The second kappa shape index (κ2) is 5.36. The largest absolute Gasteiger partial charge is 0.345 e. The van der Waals surface area contributed by atoms with Crippen molar-refractivity contribution in [2.24, 2.45) is 0 Å². The molecular weight excluding hydrogens is 252 g/mol. The van der Waals surface area contributed by atoms with Crippen LogP contribution in [0.3, 0.4) is 0 Å². The van der Waals surface area contributed by atoms with E-state index in [4.69, 9.17) is 0 Å². The number of carbonyl (C=O) groups is 1. The van der Waals surface area contributed by atoms with Crippen molar-refractivity contribution in [3.63, 3.8) is 0 Å². The minimum atomic E-state index is -0.158. The molecule has 1 aromatic carbocycles. The number of aromatic nitrogens is 3. The predicted molar refractivity (Wildman–Crippen MR) is 76.2 cm³/mol. The molecule has 98 valence electrons. The zero-order chi connectivity index (χ0) is 13.8. The van der Waals surface area contributed by atoms with E-state index < -0.39 is 0 Å². The maximum atomic E-state index is 12.1. The summed E-state index contributed by atoms with van der Waals surface area (Å²) in [5.74, 6) is -0.158. The molecule has 0 saturated carbocycles. The highest BCUT2D eigenvalue weighted by Gasteiger charge is 2.06. The van der Waals surface area contributed by atoms with E-state index in [-0.39, 0.29) is 5.91 Å². The molecule has 0 aliphatic rings. The van der Waals surface area contributed by atoms with Gasteiger partial charge in [-0.3, -0.25) is 9.78 Å². The van der Waals surface area contributed by atoms with Crippen LogP contribution in [0.5, 0.6) is 0 Å². The number of rotatable bonds is 3. The predicted octanol–water partition coefficient (Wildman–Crippen LogP) is 2.72. The minimum absolute atomic E-state index is 0.158. The lowest BCUT2D eigenvalue weighted by Crippen LogP contribution is -2.11. The van der Waals surface area contributed by atoms with E-state index in [1.165, 1.54) is 0 Å². The number of benzene rings is 1. The van der Waals surface area contributed by atoms with E-state index in [9.17, 15) is 4.79 Å². The Hall–Kier alpha value is -2.95. The molecule has 5 heteroatoms. The molecule has 3 aromatic rings. The first-order chi connectivity index (χ1) is 9.83. The summed E-state index contributed by atoms with van der Waals surface area (Å²) >= 11 is 0. The molecule has 0 unspecified atom stereocenters. The number of anilines is 1. The Kier molecular flexibility index (Phi) is 3.24. The van der Waals surface area contributed by atoms with E-state index in [0.29, 0.717) is 5.56 Å². The Balaban J connectivity index is 1.82. The van der Waals surface area contributed by atoms with E-state index in [1.54, 1.807) is 37.1 Å². The molecule has 0 aliphatic heterocycles. The first-order valence-electron chi connectivity index (χ1n) is 6.13. The molecule has 5 nitrogen and oxygen atoms in total. The number of aromatic amines is 1. The van der Waals surface area contributed by atoms with Gasteiger partial charge in [0.25, 0.3) is 5.91 Å². The number of nitrogens with one attached hydrogen (secondary N) is 2. The zero-order valence-electron chi connectivity index (χ0n) is 10.6. The van der Waals surface area contributed by atoms with Gasteiger partial charge in [0.15, 0.2) is 0 Å². The van der Waals surface area contributed by atoms with Gasteiger partial charge < -0.3 is 10.3 Å². The van der Waals surface area contributed by atoms with Gasteiger partial charge in [-0.25, -0.2) is 4.98 Å². The number of carbonyl (C=O) groups excluding carboxylic acids is 1. The zero-order valence-corrected chi connectivity index (χ0v) is 10.6. The Morgan fingerprint density at radius 1 is 1.10 bits per heavy atom. The van der Waals surface area contributed by atoms with Crippen LogP contribution in [0.2, 0.25) is 0 Å². The van der Waals surface area contributed by atoms with E-state index in [1.807, 2.05) is 24.3 Å². The summed E-state index contributed by atoms with van der Waals surface area (Å²) in [4.78, 5) is 23.0. The second-order valence-electron chi connectivity index (χ2n) is 4.24. The molecule has 0 atom stereocenters. The first-order valence-corrected chi connectivity index (χ1v) is 6.13. The monoisotopic (exact) mass is 264 g/mol. The molecular formula is C15H12N4O. The summed E-state index contributed by atoms with van der Waals surface area (Å²) in [5.41, 5.74) is 3.19. The first kappa shape index (κ1) is 12.1. The van der Waals surface area contributed by atoms with Crippen molar-refractivity contribution in [3.05, 3.63) is 66.9 Å². The molecule has 0 saturated heterocycles. The van der Waals surface area contributed by atoms with Gasteiger partial charge >= 0.3 is 0 Å². The topological polar surface area (TPSA) is 70.7 Å². The van der Waals surface area contributed by atoms with Crippen molar-refractivity contribution in [2.75, 3.05) is 5.32 Å². The van der Waals surface area contributed by atoms with Gasteiger partial charge in [-0.15, -0.1) is 0 Å². The molecule has 1 amide bonds. The van der Waals surface area contributed by atoms with Gasteiger partial charge in [-0.2, -0.15) is 0 Å². The van der Waals surface area contributed by atoms with E-state index >= 15 is 0 Å². The van der Waals surface area contributed by atoms with Gasteiger partial charge in [-0.1, -0.05) is 12.1 Å². The third kappa shape index (κ3) is 2.56. The van der Waals surface area contributed by atoms with Crippen LogP contribution in [0, 0.1) is 0 Å². The van der Waals surface area contributed by atoms with Crippen LogP contribution in [0.25, 0.3) is 11.3 Å². The van der Waals surface area contributed by atoms with Crippen LogP contribution in [-0.4, -0.2) is 20.9 Å². The Morgan fingerprint density at radius 3 is 2.70 bits per heavy atom. The average Bonchev–Trinajstić information content (AvgIpc) is 3.03. The highest BCUT2D eigenvalue weighted by Crippen LogP contribution is 2.20. The number of nitrogens with zero attached hydrogens (tertiary/aromatic N) is 2. The summed E-state index contributed by atoms with van der Waals surface area (Å²) < 4.78 is 0. The third-order valence-electron chi connectivity index (χ3n) is 2.87. The molecule has 0 fully saturated rings. The fraction of sp³-hybridized carbons (Fsp3) is 0. The van der Waals surface area contributed by atoms with E-state index in [0.717, 1.165) is 16.9 Å². The van der Waals surface area contributed by atoms with Crippen LogP contribution in [0.4, 0.5) is 5.69 Å². The Bertz CT molecular complexity index is 708. The standard InChI is InChI=1S/C15H12N4O/c20-15(11-4-6-16-7-5-11)19-13-3-1-2-12(8-13)14-9-17-10-18-14/h1-10H,(H,17,18)(H,19,20). The third-order valence-corrected chi connectivity index (χ3v) is 2.87. The fourth-order valence-corrected chi connectivity index (χ4v) is 1.88. The molecule has 0 spiro atoms. The lowest BCUT2D eigenvalue weighted by molar-refractivity contribution is 0.102. The molecule has 0 bridgehead atoms. The van der Waals surface area contributed by atoms with Crippen molar-refractivity contribution in [3.8, 4) is 11.3 Å². The van der Waals surface area contributed by atoms with Crippen molar-refractivity contribution in [1.82, 2.24) is 15.0 Å². The van der Waals surface area contributed by atoms with Crippen molar-refractivity contribution >= 4 is 11.6 Å². The van der Waals surface area contributed by atoms with Crippen LogP contribution in [0.15, 0.2) is 61.3 Å². The molecule has 2 heterocycles. The van der Waals surface area contributed by atoms with Crippen LogP contribution >= 0.6 is 0 Å². The SMILES string of the molecule is O=C(Nc1cccc(-c2cnc[nH]2)c1)c1ccncc1. The lowest BCUT2D eigenvalue weighted by Gasteiger charge is -2.06. The summed E-state index contributed by atoms with van der Waals surface area (Å²) in [5, 5.41) is 2.86. The normalized spacial score (nSPS) is 10.2. The Labute approximate surface area is 115 Å². The summed E-state index contributed by atoms with van der Waals surface area (Å²) in [6.45, 7) is 0. The van der Waals surface area contributed by atoms with Gasteiger partial charge in [-0.05, 0) is 24.3 Å². The number of imidazole rings is 1. The van der Waals surface area contributed by atoms with Crippen LogP contribution in [-0.2, 0) is 0 Å². The lowest BCUT2D eigenvalue weighted by atomic mass is 10.1. The molecule has 20 heavy (non-hydrogen) atoms. The van der Waals surface area contributed by atoms with Crippen molar-refractivity contribution in [1.29, 1.82) is 0 Å². The minimum Gasteiger partial charge on any atom is -0.345 e. The number of hydrogen-bond donors (Lipinski definition) is 2. The molecule has 3 rings (SSSR count). The van der Waals surface area contributed by atoms with Crippen molar-refractivity contribution < 1.29 is 4.79 Å². The van der Waals surface area contributed by atoms with Crippen LogP contribution < -0.4 is 5.32 Å². The molecule has 2 N–H and O–H groups in total.